The Bertz CT molecular complexity index is 916. The predicted molar refractivity (Wildman–Crippen MR) is 149 cm³/mol. The molecule has 1 saturated carbocycles. The van der Waals surface area contributed by atoms with Crippen molar-refractivity contribution in [3.63, 3.8) is 0 Å². The highest BCUT2D eigenvalue weighted by Crippen LogP contribution is 2.45. The summed E-state index contributed by atoms with van der Waals surface area (Å²) in [6, 6.07) is 0. The van der Waals surface area contributed by atoms with E-state index in [1.54, 1.807) is 33.8 Å². The van der Waals surface area contributed by atoms with Crippen LogP contribution in [0.3, 0.4) is 0 Å². The minimum Gasteiger partial charge on any atom is -0.460 e. The third-order valence-corrected chi connectivity index (χ3v) is 6.31. The molecule has 0 N–H and O–H groups in total. The highest BCUT2D eigenvalue weighted by Gasteiger charge is 2.56. The summed E-state index contributed by atoms with van der Waals surface area (Å²) in [4.78, 5) is 51.0. The van der Waals surface area contributed by atoms with Gasteiger partial charge in [-0.15, -0.1) is 13.2 Å². The minimum atomic E-state index is -1.73. The molecule has 1 aliphatic carbocycles. The number of carbonyl (C=O) groups excluding carboxylic acids is 4. The van der Waals surface area contributed by atoms with Crippen LogP contribution < -0.4 is 0 Å². The average molecular weight is 547 g/mol. The molecule has 0 aromatic carbocycles. The number of ether oxygens (including phenoxy) is 4. The van der Waals surface area contributed by atoms with E-state index < -0.39 is 53.5 Å². The minimum absolute atomic E-state index is 0.107. The van der Waals surface area contributed by atoms with Crippen molar-refractivity contribution in [1.29, 1.82) is 0 Å². The van der Waals surface area contributed by atoms with E-state index in [1.807, 2.05) is 18.2 Å². The van der Waals surface area contributed by atoms with Crippen LogP contribution in [0.4, 0.5) is 0 Å². The van der Waals surface area contributed by atoms with E-state index in [0.29, 0.717) is 6.42 Å². The van der Waals surface area contributed by atoms with Gasteiger partial charge >= 0.3 is 23.9 Å². The summed E-state index contributed by atoms with van der Waals surface area (Å²) >= 11 is 0. The average Bonchev–Trinajstić information content (AvgIpc) is 3.23. The lowest BCUT2D eigenvalue weighted by Crippen LogP contribution is -2.50. The fraction of sp³-hybridized carbons (Fsp3) is 0.613. The molecule has 5 atom stereocenters. The van der Waals surface area contributed by atoms with Gasteiger partial charge in [-0.1, -0.05) is 50.3 Å². The van der Waals surface area contributed by atoms with Crippen molar-refractivity contribution in [3.8, 4) is 0 Å². The molecule has 4 unspecified atom stereocenters. The van der Waals surface area contributed by atoms with Gasteiger partial charge in [-0.05, 0) is 65.7 Å². The van der Waals surface area contributed by atoms with Crippen molar-refractivity contribution in [1.82, 2.24) is 0 Å². The molecule has 8 heteroatoms. The molecule has 0 amide bonds. The fourth-order valence-electron chi connectivity index (χ4n) is 4.16. The molecule has 0 saturated heterocycles. The first kappa shape index (κ1) is 33.9. The summed E-state index contributed by atoms with van der Waals surface area (Å²) in [6.45, 7) is 17.0. The van der Waals surface area contributed by atoms with Gasteiger partial charge in [-0.3, -0.25) is 4.79 Å². The number of carbonyl (C=O) groups is 4. The lowest BCUT2D eigenvalue weighted by atomic mass is 9.90. The van der Waals surface area contributed by atoms with Crippen molar-refractivity contribution in [2.45, 2.75) is 104 Å². The highest BCUT2D eigenvalue weighted by molar-refractivity contribution is 5.88. The number of hydrogen-bond donors (Lipinski definition) is 0. The molecule has 0 aliphatic heterocycles. The Morgan fingerprint density at radius 2 is 1.38 bits per heavy atom. The third-order valence-electron chi connectivity index (χ3n) is 6.31. The monoisotopic (exact) mass is 546 g/mol. The van der Waals surface area contributed by atoms with Crippen LogP contribution in [-0.4, -0.2) is 47.8 Å². The van der Waals surface area contributed by atoms with Gasteiger partial charge < -0.3 is 18.9 Å². The zero-order valence-corrected chi connectivity index (χ0v) is 24.4. The molecular weight excluding hydrogens is 500 g/mol. The topological polar surface area (TPSA) is 105 Å². The maximum Gasteiger partial charge on any atom is 0.352 e. The van der Waals surface area contributed by atoms with Gasteiger partial charge in [0, 0.05) is 12.3 Å². The number of esters is 4. The second kappa shape index (κ2) is 16.7. The van der Waals surface area contributed by atoms with Crippen LogP contribution in [0.15, 0.2) is 49.6 Å². The number of allylic oxidation sites excluding steroid dienone is 5. The molecule has 0 bridgehead atoms. The summed E-state index contributed by atoms with van der Waals surface area (Å²) in [5, 5.41) is 0. The number of rotatable bonds is 16. The lowest BCUT2D eigenvalue weighted by Gasteiger charge is -2.33. The normalized spacial score (nSPS) is 22.6. The largest absolute Gasteiger partial charge is 0.460 e. The van der Waals surface area contributed by atoms with Crippen molar-refractivity contribution < 1.29 is 38.1 Å². The first-order chi connectivity index (χ1) is 18.4. The molecule has 0 heterocycles. The van der Waals surface area contributed by atoms with Gasteiger partial charge in [0.05, 0.1) is 12.0 Å². The molecule has 39 heavy (non-hydrogen) atoms. The van der Waals surface area contributed by atoms with Crippen LogP contribution in [-0.2, 0) is 38.1 Å². The first-order valence-corrected chi connectivity index (χ1v) is 13.8. The standard InChI is InChI=1S/C31H46O8/c1-9-11-12-13-14-15-16-17-18-25-19-26(10-2)31(20-25,30(35)38-23(7)28(33)36-22(5)6)39-29(34)24(8)37-27(32)21(3)4/h9-10,13-14,17-18,21-26H,1-2,11-12,15-16,19-20H2,3-8H3/b14-13+,18-17+/t23?,24?,25?,26?,31-/m1/s1. The van der Waals surface area contributed by atoms with Gasteiger partial charge in [0.25, 0.3) is 0 Å². The Morgan fingerprint density at radius 3 is 1.95 bits per heavy atom. The Hall–Kier alpha value is -3.16. The molecule has 0 aromatic rings. The van der Waals surface area contributed by atoms with Crippen LogP contribution in [0, 0.1) is 17.8 Å². The third kappa shape index (κ3) is 10.9. The van der Waals surface area contributed by atoms with Gasteiger partial charge in [-0.25, -0.2) is 14.4 Å². The summed E-state index contributed by atoms with van der Waals surface area (Å²) in [7, 11) is 0. The smallest absolute Gasteiger partial charge is 0.352 e. The Morgan fingerprint density at radius 1 is 0.795 bits per heavy atom. The van der Waals surface area contributed by atoms with Gasteiger partial charge in [-0.2, -0.15) is 0 Å². The lowest BCUT2D eigenvalue weighted by molar-refractivity contribution is -0.199. The van der Waals surface area contributed by atoms with Crippen LogP contribution in [0.2, 0.25) is 0 Å². The van der Waals surface area contributed by atoms with E-state index in [4.69, 9.17) is 18.9 Å². The maximum atomic E-state index is 13.6. The van der Waals surface area contributed by atoms with Crippen LogP contribution >= 0.6 is 0 Å². The Kier molecular flexibility index (Phi) is 14.5. The predicted octanol–water partition coefficient (Wildman–Crippen LogP) is 5.81. The van der Waals surface area contributed by atoms with Crippen LogP contribution in [0.5, 0.6) is 0 Å². The van der Waals surface area contributed by atoms with Crippen molar-refractivity contribution in [3.05, 3.63) is 49.6 Å². The van der Waals surface area contributed by atoms with Crippen molar-refractivity contribution in [2.24, 2.45) is 17.8 Å². The quantitative estimate of drug-likeness (QED) is 0.103. The van der Waals surface area contributed by atoms with E-state index in [0.717, 1.165) is 25.7 Å². The Balaban J connectivity index is 3.12. The second-order valence-electron chi connectivity index (χ2n) is 10.5. The van der Waals surface area contributed by atoms with Crippen molar-refractivity contribution in [2.75, 3.05) is 0 Å². The molecule has 0 radical (unpaired) electrons. The van der Waals surface area contributed by atoms with Crippen LogP contribution in [0.1, 0.15) is 80.1 Å². The number of unbranched alkanes of at least 4 members (excludes halogenated alkanes) is 2. The van der Waals surface area contributed by atoms with Crippen molar-refractivity contribution >= 4 is 23.9 Å². The van der Waals surface area contributed by atoms with Crippen LogP contribution in [0.25, 0.3) is 0 Å². The molecule has 218 valence electrons. The molecule has 0 aromatic heterocycles. The molecule has 0 spiro atoms. The van der Waals surface area contributed by atoms with E-state index in [2.05, 4.69) is 25.3 Å². The highest BCUT2D eigenvalue weighted by atomic mass is 16.6. The van der Waals surface area contributed by atoms with Gasteiger partial charge in [0.1, 0.15) is 0 Å². The zero-order valence-electron chi connectivity index (χ0n) is 24.4. The van der Waals surface area contributed by atoms with Gasteiger partial charge in [0.15, 0.2) is 12.2 Å². The summed E-state index contributed by atoms with van der Waals surface area (Å²) in [5.74, 6) is -4.13. The van der Waals surface area contributed by atoms with E-state index in [9.17, 15) is 19.2 Å². The first-order valence-electron chi connectivity index (χ1n) is 13.8. The SMILES string of the molecule is C=CCC/C=C/CC/C=C/C1CC(C=C)[C@@](OC(=O)C(C)OC(=O)C(C)C)(C(=O)OC(C)C(=O)OC(C)C)C1. The fourth-order valence-corrected chi connectivity index (χ4v) is 4.16. The maximum absolute atomic E-state index is 13.6. The molecule has 1 rings (SSSR count). The summed E-state index contributed by atoms with van der Waals surface area (Å²) < 4.78 is 21.7. The Labute approximate surface area is 233 Å². The molecule has 8 nitrogen and oxygen atoms in total. The van der Waals surface area contributed by atoms with E-state index >= 15 is 0 Å². The molecule has 1 aliphatic rings. The molecular formula is C31H46O8. The number of hydrogen-bond acceptors (Lipinski definition) is 8. The second-order valence-corrected chi connectivity index (χ2v) is 10.5. The molecule has 1 fully saturated rings. The van der Waals surface area contributed by atoms with Gasteiger partial charge in [0.2, 0.25) is 5.60 Å². The summed E-state index contributed by atoms with van der Waals surface area (Å²) in [5.41, 5.74) is -1.73. The summed E-state index contributed by atoms with van der Waals surface area (Å²) in [6.07, 6.45) is 13.1. The van der Waals surface area contributed by atoms with E-state index in [1.165, 1.54) is 13.8 Å². The zero-order chi connectivity index (χ0) is 29.6. The van der Waals surface area contributed by atoms with E-state index in [-0.39, 0.29) is 18.4 Å².